The van der Waals surface area contributed by atoms with Gasteiger partial charge in [0.15, 0.2) is 0 Å². The Hall–Kier alpha value is -1.13. The highest BCUT2D eigenvalue weighted by atomic mass is 16.5. The summed E-state index contributed by atoms with van der Waals surface area (Å²) >= 11 is 0. The lowest BCUT2D eigenvalue weighted by Gasteiger charge is -2.24. The van der Waals surface area contributed by atoms with Crippen LogP contribution in [-0.4, -0.2) is 35.9 Å². The highest BCUT2D eigenvalue weighted by Gasteiger charge is 2.16. The summed E-state index contributed by atoms with van der Waals surface area (Å²) in [6.45, 7) is 6.78. The number of aliphatic hydroxyl groups excluding tert-OH is 1. The third-order valence-corrected chi connectivity index (χ3v) is 3.32. The number of anilines is 1. The van der Waals surface area contributed by atoms with Gasteiger partial charge in [0.05, 0.1) is 29.8 Å². The first-order valence-corrected chi connectivity index (χ1v) is 6.71. The van der Waals surface area contributed by atoms with Crippen molar-refractivity contribution >= 4 is 5.69 Å². The zero-order valence-corrected chi connectivity index (χ0v) is 11.2. The Morgan fingerprint density at radius 3 is 3.06 bits per heavy atom. The second-order valence-corrected chi connectivity index (χ2v) is 4.85. The van der Waals surface area contributed by atoms with Gasteiger partial charge in [-0.05, 0) is 31.9 Å². The van der Waals surface area contributed by atoms with Crippen molar-refractivity contribution in [1.82, 2.24) is 4.98 Å². The predicted molar refractivity (Wildman–Crippen MR) is 71.7 cm³/mol. The molecule has 4 heteroatoms. The normalized spacial score (nSPS) is 22.6. The predicted octanol–water partition coefficient (Wildman–Crippen LogP) is 2.14. The van der Waals surface area contributed by atoms with E-state index in [0.29, 0.717) is 6.42 Å². The van der Waals surface area contributed by atoms with E-state index in [1.165, 1.54) is 0 Å². The van der Waals surface area contributed by atoms with Crippen molar-refractivity contribution in [2.45, 2.75) is 38.9 Å². The van der Waals surface area contributed by atoms with Crippen LogP contribution >= 0.6 is 0 Å². The van der Waals surface area contributed by atoms with Gasteiger partial charge in [-0.1, -0.05) is 6.92 Å². The average molecular weight is 250 g/mol. The van der Waals surface area contributed by atoms with Crippen LogP contribution in [0, 0.1) is 0 Å². The van der Waals surface area contributed by atoms with Gasteiger partial charge in [0.25, 0.3) is 0 Å². The standard InChI is InChI=1S/C14H22N2O2/c1-3-14(17)13-6-5-12(9-15-13)16-7-4-8-18-11(2)10-16/h5-6,9,11,14,17H,3-4,7-8,10H2,1-2H3/t11?,14-/m1/s1. The van der Waals surface area contributed by atoms with Crippen LogP contribution in [0.2, 0.25) is 0 Å². The summed E-state index contributed by atoms with van der Waals surface area (Å²) in [5, 5.41) is 9.72. The molecule has 1 aliphatic rings. The van der Waals surface area contributed by atoms with Crippen molar-refractivity contribution < 1.29 is 9.84 Å². The molecule has 2 atom stereocenters. The zero-order chi connectivity index (χ0) is 13.0. The van der Waals surface area contributed by atoms with Gasteiger partial charge in [0.1, 0.15) is 0 Å². The van der Waals surface area contributed by atoms with E-state index >= 15 is 0 Å². The van der Waals surface area contributed by atoms with Crippen LogP contribution in [0.4, 0.5) is 5.69 Å². The van der Waals surface area contributed by atoms with E-state index in [1.807, 2.05) is 25.3 Å². The molecule has 1 fully saturated rings. The minimum absolute atomic E-state index is 0.258. The highest BCUT2D eigenvalue weighted by molar-refractivity contribution is 5.45. The Bertz CT molecular complexity index is 367. The summed E-state index contributed by atoms with van der Waals surface area (Å²) in [7, 11) is 0. The van der Waals surface area contributed by atoms with Crippen LogP contribution in [0.25, 0.3) is 0 Å². The second-order valence-electron chi connectivity index (χ2n) is 4.85. The molecule has 2 rings (SSSR count). The molecule has 4 nitrogen and oxygen atoms in total. The number of pyridine rings is 1. The molecular formula is C14H22N2O2. The Morgan fingerprint density at radius 1 is 1.56 bits per heavy atom. The molecule has 1 N–H and O–H groups in total. The highest BCUT2D eigenvalue weighted by Crippen LogP contribution is 2.20. The molecule has 0 spiro atoms. The average Bonchev–Trinajstić information content (AvgIpc) is 2.63. The fraction of sp³-hybridized carbons (Fsp3) is 0.643. The SMILES string of the molecule is CC[C@@H](O)c1ccc(N2CCCOC(C)C2)cn1. The van der Waals surface area contributed by atoms with Crippen LogP contribution in [0.5, 0.6) is 0 Å². The van der Waals surface area contributed by atoms with Crippen LogP contribution in [0.3, 0.4) is 0 Å². The van der Waals surface area contributed by atoms with Gasteiger partial charge in [0, 0.05) is 19.7 Å². The number of aromatic nitrogens is 1. The number of hydrogen-bond acceptors (Lipinski definition) is 4. The molecule has 1 aromatic rings. The number of nitrogens with zero attached hydrogens (tertiary/aromatic N) is 2. The summed E-state index contributed by atoms with van der Waals surface area (Å²) in [6, 6.07) is 3.96. The van der Waals surface area contributed by atoms with Crippen LogP contribution < -0.4 is 4.90 Å². The molecule has 1 aliphatic heterocycles. The van der Waals surface area contributed by atoms with Gasteiger partial charge in [-0.2, -0.15) is 0 Å². The van der Waals surface area contributed by atoms with Crippen molar-refractivity contribution in [2.24, 2.45) is 0 Å². The maximum atomic E-state index is 9.72. The van der Waals surface area contributed by atoms with Gasteiger partial charge < -0.3 is 14.7 Å². The number of ether oxygens (including phenoxy) is 1. The summed E-state index contributed by atoms with van der Waals surface area (Å²) in [5.41, 5.74) is 1.86. The summed E-state index contributed by atoms with van der Waals surface area (Å²) in [6.07, 6.45) is 3.40. The third-order valence-electron chi connectivity index (χ3n) is 3.32. The molecule has 0 radical (unpaired) electrons. The van der Waals surface area contributed by atoms with E-state index in [4.69, 9.17) is 4.74 Å². The quantitative estimate of drug-likeness (QED) is 0.892. The molecule has 18 heavy (non-hydrogen) atoms. The lowest BCUT2D eigenvalue weighted by atomic mass is 10.2. The minimum atomic E-state index is -0.453. The molecule has 0 amide bonds. The lowest BCUT2D eigenvalue weighted by Crippen LogP contribution is -2.30. The largest absolute Gasteiger partial charge is 0.387 e. The molecule has 100 valence electrons. The van der Waals surface area contributed by atoms with Crippen molar-refractivity contribution in [1.29, 1.82) is 0 Å². The summed E-state index contributed by atoms with van der Waals surface area (Å²) in [5.74, 6) is 0. The fourth-order valence-corrected chi connectivity index (χ4v) is 2.22. The van der Waals surface area contributed by atoms with Crippen molar-refractivity contribution in [3.63, 3.8) is 0 Å². The topological polar surface area (TPSA) is 45.6 Å². The first kappa shape index (κ1) is 13.3. The van der Waals surface area contributed by atoms with E-state index in [1.54, 1.807) is 0 Å². The third kappa shape index (κ3) is 3.21. The van der Waals surface area contributed by atoms with Crippen LogP contribution in [0.15, 0.2) is 18.3 Å². The molecular weight excluding hydrogens is 228 g/mol. The molecule has 1 aromatic heterocycles. The first-order chi connectivity index (χ1) is 8.70. The number of hydrogen-bond donors (Lipinski definition) is 1. The smallest absolute Gasteiger partial charge is 0.0957 e. The fourth-order valence-electron chi connectivity index (χ4n) is 2.22. The van der Waals surface area contributed by atoms with Crippen LogP contribution in [0.1, 0.15) is 38.5 Å². The molecule has 1 saturated heterocycles. The molecule has 0 saturated carbocycles. The zero-order valence-electron chi connectivity index (χ0n) is 11.2. The van der Waals surface area contributed by atoms with E-state index in [2.05, 4.69) is 16.8 Å². The Kier molecular flexibility index (Phi) is 4.55. The molecule has 2 heterocycles. The van der Waals surface area contributed by atoms with Crippen molar-refractivity contribution in [3.8, 4) is 0 Å². The van der Waals surface area contributed by atoms with E-state index in [-0.39, 0.29) is 6.10 Å². The Balaban J connectivity index is 2.08. The van der Waals surface area contributed by atoms with Gasteiger partial charge in [-0.3, -0.25) is 4.98 Å². The van der Waals surface area contributed by atoms with Crippen LogP contribution in [-0.2, 0) is 4.74 Å². The monoisotopic (exact) mass is 250 g/mol. The van der Waals surface area contributed by atoms with Gasteiger partial charge >= 0.3 is 0 Å². The Morgan fingerprint density at radius 2 is 2.39 bits per heavy atom. The van der Waals surface area contributed by atoms with Crippen molar-refractivity contribution in [2.75, 3.05) is 24.6 Å². The van der Waals surface area contributed by atoms with Crippen molar-refractivity contribution in [3.05, 3.63) is 24.0 Å². The second kappa shape index (κ2) is 6.16. The molecule has 0 aliphatic carbocycles. The summed E-state index contributed by atoms with van der Waals surface area (Å²) < 4.78 is 5.63. The molecule has 0 bridgehead atoms. The number of rotatable bonds is 3. The Labute approximate surface area is 109 Å². The van der Waals surface area contributed by atoms with Gasteiger partial charge in [0.2, 0.25) is 0 Å². The van der Waals surface area contributed by atoms with E-state index in [9.17, 15) is 5.11 Å². The van der Waals surface area contributed by atoms with Gasteiger partial charge in [-0.15, -0.1) is 0 Å². The number of aliphatic hydroxyl groups is 1. The maximum absolute atomic E-state index is 9.72. The van der Waals surface area contributed by atoms with E-state index in [0.717, 1.165) is 37.5 Å². The minimum Gasteiger partial charge on any atom is -0.387 e. The molecule has 1 unspecified atom stereocenters. The van der Waals surface area contributed by atoms with E-state index < -0.39 is 6.10 Å². The maximum Gasteiger partial charge on any atom is 0.0957 e. The summed E-state index contributed by atoms with van der Waals surface area (Å²) in [4.78, 5) is 6.65. The first-order valence-electron chi connectivity index (χ1n) is 6.71. The molecule has 0 aromatic carbocycles. The lowest BCUT2D eigenvalue weighted by molar-refractivity contribution is 0.0821. The van der Waals surface area contributed by atoms with Gasteiger partial charge in [-0.25, -0.2) is 0 Å².